The van der Waals surface area contributed by atoms with E-state index >= 15 is 0 Å². The molecule has 17 heavy (non-hydrogen) atoms. The molecule has 1 aromatic heterocycles. The van der Waals surface area contributed by atoms with Crippen LogP contribution in [0.15, 0.2) is 16.8 Å². The maximum absolute atomic E-state index is 5.75. The molecule has 0 spiro atoms. The summed E-state index contributed by atoms with van der Waals surface area (Å²) in [7, 11) is 0. The first-order valence-corrected chi connectivity index (χ1v) is 5.65. The fourth-order valence-electron chi connectivity index (χ4n) is 1.57. The van der Waals surface area contributed by atoms with E-state index in [2.05, 4.69) is 20.3 Å². The molecule has 0 aliphatic rings. The number of hydrogen-bond donors (Lipinski definition) is 2. The molecule has 0 bridgehead atoms. The number of anilines is 2. The van der Waals surface area contributed by atoms with E-state index in [1.165, 1.54) is 0 Å². The van der Waals surface area contributed by atoms with Gasteiger partial charge in [-0.25, -0.2) is 4.63 Å². The summed E-state index contributed by atoms with van der Waals surface area (Å²) in [5.41, 5.74) is 8.47. The maximum atomic E-state index is 5.75. The molecule has 0 amide bonds. The molecular formula is C11H16N4O2. The molecule has 0 atom stereocenters. The van der Waals surface area contributed by atoms with Gasteiger partial charge in [0.15, 0.2) is 11.0 Å². The molecule has 2 aromatic rings. The van der Waals surface area contributed by atoms with E-state index in [9.17, 15) is 0 Å². The minimum Gasteiger partial charge on any atom is -0.397 e. The lowest BCUT2D eigenvalue weighted by Gasteiger charge is -2.06. The van der Waals surface area contributed by atoms with Crippen molar-refractivity contribution < 1.29 is 9.37 Å². The third-order valence-electron chi connectivity index (χ3n) is 2.43. The van der Waals surface area contributed by atoms with Crippen molar-refractivity contribution in [3.05, 3.63) is 12.1 Å². The summed E-state index contributed by atoms with van der Waals surface area (Å²) in [4.78, 5) is 0. The summed E-state index contributed by atoms with van der Waals surface area (Å²) in [6.07, 6.45) is 0.936. The van der Waals surface area contributed by atoms with Crippen LogP contribution in [0.5, 0.6) is 0 Å². The van der Waals surface area contributed by atoms with Crippen LogP contribution in [0.1, 0.15) is 13.3 Å². The molecule has 0 saturated carbocycles. The molecule has 92 valence electrons. The van der Waals surface area contributed by atoms with Gasteiger partial charge in [-0.1, -0.05) is 0 Å². The lowest BCUT2D eigenvalue weighted by Crippen LogP contribution is -2.06. The lowest BCUT2D eigenvalue weighted by atomic mass is 10.2. The van der Waals surface area contributed by atoms with Gasteiger partial charge in [-0.2, -0.15) is 0 Å². The second kappa shape index (κ2) is 5.49. The Bertz CT molecular complexity index is 483. The summed E-state index contributed by atoms with van der Waals surface area (Å²) >= 11 is 0. The first-order chi connectivity index (χ1) is 8.33. The Balaban J connectivity index is 1.99. The van der Waals surface area contributed by atoms with Crippen LogP contribution in [-0.4, -0.2) is 30.1 Å². The highest BCUT2D eigenvalue weighted by Gasteiger charge is 2.09. The van der Waals surface area contributed by atoms with Gasteiger partial charge in [0, 0.05) is 19.8 Å². The Morgan fingerprint density at radius 2 is 2.18 bits per heavy atom. The van der Waals surface area contributed by atoms with E-state index in [0.29, 0.717) is 16.7 Å². The molecule has 0 radical (unpaired) electrons. The maximum Gasteiger partial charge on any atom is 0.160 e. The van der Waals surface area contributed by atoms with Crippen LogP contribution in [0, 0.1) is 0 Å². The third-order valence-corrected chi connectivity index (χ3v) is 2.43. The zero-order chi connectivity index (χ0) is 12.1. The van der Waals surface area contributed by atoms with Crippen molar-refractivity contribution in [3.8, 4) is 0 Å². The highest BCUT2D eigenvalue weighted by Crippen LogP contribution is 2.24. The molecule has 6 heteroatoms. The summed E-state index contributed by atoms with van der Waals surface area (Å²) < 4.78 is 9.94. The van der Waals surface area contributed by atoms with Gasteiger partial charge in [-0.05, 0) is 35.8 Å². The number of nitrogens with zero attached hydrogens (tertiary/aromatic N) is 2. The molecule has 0 saturated heterocycles. The van der Waals surface area contributed by atoms with Crippen molar-refractivity contribution >= 4 is 22.4 Å². The molecule has 0 fully saturated rings. The van der Waals surface area contributed by atoms with E-state index in [4.69, 9.17) is 10.5 Å². The molecule has 6 nitrogen and oxygen atoms in total. The van der Waals surface area contributed by atoms with Crippen LogP contribution in [0.4, 0.5) is 11.4 Å². The Labute approximate surface area is 99.1 Å². The number of ether oxygens (including phenoxy) is 1. The molecule has 0 aliphatic heterocycles. The van der Waals surface area contributed by atoms with Gasteiger partial charge in [0.05, 0.1) is 11.4 Å². The molecular weight excluding hydrogens is 220 g/mol. The van der Waals surface area contributed by atoms with E-state index in [0.717, 1.165) is 31.9 Å². The quantitative estimate of drug-likeness (QED) is 0.585. The monoisotopic (exact) mass is 236 g/mol. The normalized spacial score (nSPS) is 10.9. The summed E-state index contributed by atoms with van der Waals surface area (Å²) in [5, 5.41) is 10.9. The summed E-state index contributed by atoms with van der Waals surface area (Å²) in [6.45, 7) is 4.29. The Morgan fingerprint density at radius 1 is 1.35 bits per heavy atom. The van der Waals surface area contributed by atoms with Crippen LogP contribution < -0.4 is 11.1 Å². The third kappa shape index (κ3) is 2.65. The number of hydrogen-bond acceptors (Lipinski definition) is 6. The van der Waals surface area contributed by atoms with E-state index in [1.54, 1.807) is 6.07 Å². The van der Waals surface area contributed by atoms with Crippen LogP contribution in [-0.2, 0) is 4.74 Å². The van der Waals surface area contributed by atoms with Crippen LogP contribution in [0.25, 0.3) is 11.0 Å². The van der Waals surface area contributed by atoms with Gasteiger partial charge in [0.2, 0.25) is 0 Å². The molecule has 0 unspecified atom stereocenters. The fraction of sp³-hybridized carbons (Fsp3) is 0.455. The van der Waals surface area contributed by atoms with Gasteiger partial charge in [0.25, 0.3) is 0 Å². The second-order valence-electron chi connectivity index (χ2n) is 3.64. The van der Waals surface area contributed by atoms with Gasteiger partial charge in [0.1, 0.15) is 0 Å². The molecule has 1 heterocycles. The van der Waals surface area contributed by atoms with E-state index in [1.807, 2.05) is 13.0 Å². The lowest BCUT2D eigenvalue weighted by molar-refractivity contribution is 0.147. The summed E-state index contributed by atoms with van der Waals surface area (Å²) in [5.74, 6) is 0. The summed E-state index contributed by atoms with van der Waals surface area (Å²) in [6, 6.07) is 3.67. The van der Waals surface area contributed by atoms with Crippen molar-refractivity contribution in [2.75, 3.05) is 30.8 Å². The van der Waals surface area contributed by atoms with E-state index in [-0.39, 0.29) is 0 Å². The minimum absolute atomic E-state index is 0.570. The Hall–Kier alpha value is -1.82. The number of aromatic nitrogens is 2. The second-order valence-corrected chi connectivity index (χ2v) is 3.64. The van der Waals surface area contributed by atoms with Crippen molar-refractivity contribution in [1.29, 1.82) is 0 Å². The minimum atomic E-state index is 0.570. The van der Waals surface area contributed by atoms with Crippen LogP contribution in [0.2, 0.25) is 0 Å². The van der Waals surface area contributed by atoms with Crippen LogP contribution in [0.3, 0.4) is 0 Å². The molecule has 0 aliphatic carbocycles. The predicted octanol–water partition coefficient (Wildman–Crippen LogP) is 1.64. The standard InChI is InChI=1S/C11H16N4O2/c1-2-16-7-3-6-13-9-5-4-8(12)10-11(9)15-17-14-10/h4-5,13H,2-3,6-7,12H2,1H3. The van der Waals surface area contributed by atoms with Gasteiger partial charge in [-0.15, -0.1) is 0 Å². The molecule has 1 aromatic carbocycles. The Morgan fingerprint density at radius 3 is 3.00 bits per heavy atom. The van der Waals surface area contributed by atoms with Crippen molar-refractivity contribution in [2.45, 2.75) is 13.3 Å². The average molecular weight is 236 g/mol. The number of benzene rings is 1. The number of rotatable bonds is 6. The fourth-order valence-corrected chi connectivity index (χ4v) is 1.57. The SMILES string of the molecule is CCOCCCNc1ccc(N)c2nonc12. The predicted molar refractivity (Wildman–Crippen MR) is 65.8 cm³/mol. The topological polar surface area (TPSA) is 86.2 Å². The first kappa shape index (κ1) is 11.7. The number of fused-ring (bicyclic) bond motifs is 1. The number of nitrogens with two attached hydrogens (primary N) is 1. The highest BCUT2D eigenvalue weighted by molar-refractivity contribution is 5.94. The molecule has 2 rings (SSSR count). The zero-order valence-electron chi connectivity index (χ0n) is 9.77. The average Bonchev–Trinajstić information content (AvgIpc) is 2.81. The Kier molecular flexibility index (Phi) is 3.77. The zero-order valence-corrected chi connectivity index (χ0v) is 9.77. The highest BCUT2D eigenvalue weighted by atomic mass is 16.6. The van der Waals surface area contributed by atoms with Crippen molar-refractivity contribution in [1.82, 2.24) is 10.3 Å². The smallest absolute Gasteiger partial charge is 0.160 e. The van der Waals surface area contributed by atoms with E-state index < -0.39 is 0 Å². The van der Waals surface area contributed by atoms with Gasteiger partial charge in [-0.3, -0.25) is 0 Å². The number of nitrogens with one attached hydrogen (secondary N) is 1. The largest absolute Gasteiger partial charge is 0.397 e. The van der Waals surface area contributed by atoms with Crippen LogP contribution >= 0.6 is 0 Å². The van der Waals surface area contributed by atoms with Gasteiger partial charge >= 0.3 is 0 Å². The first-order valence-electron chi connectivity index (χ1n) is 5.65. The van der Waals surface area contributed by atoms with Crippen molar-refractivity contribution in [3.63, 3.8) is 0 Å². The van der Waals surface area contributed by atoms with Gasteiger partial charge < -0.3 is 15.8 Å². The van der Waals surface area contributed by atoms with Crippen molar-refractivity contribution in [2.24, 2.45) is 0 Å². The number of nitrogen functional groups attached to an aromatic ring is 1. The molecule has 3 N–H and O–H groups in total.